The van der Waals surface area contributed by atoms with Crippen LogP contribution in [0.3, 0.4) is 0 Å². The average molecular weight is 365 g/mol. The van der Waals surface area contributed by atoms with Gasteiger partial charge < -0.3 is 4.74 Å². The van der Waals surface area contributed by atoms with Crippen LogP contribution in [0.2, 0.25) is 0 Å². The molecule has 0 radical (unpaired) electrons. The third-order valence-electron chi connectivity index (χ3n) is 3.67. The summed E-state index contributed by atoms with van der Waals surface area (Å²) in [5.41, 5.74) is 4.73. The minimum Gasteiger partial charge on any atom is -0.497 e. The van der Waals surface area contributed by atoms with E-state index in [1.807, 2.05) is 18.2 Å². The molecule has 0 unspecified atom stereocenters. The average Bonchev–Trinajstić information content (AvgIpc) is 2.62. The first-order chi connectivity index (χ1) is 11.3. The molecule has 2 heteroatoms. The van der Waals surface area contributed by atoms with Gasteiger partial charge in [0.1, 0.15) is 5.75 Å². The van der Waals surface area contributed by atoms with Crippen molar-refractivity contribution in [2.45, 2.75) is 0 Å². The molecule has 0 aromatic heterocycles. The van der Waals surface area contributed by atoms with E-state index >= 15 is 0 Å². The Bertz CT molecular complexity index is 788. The molecule has 0 bridgehead atoms. The van der Waals surface area contributed by atoms with Crippen LogP contribution in [-0.4, -0.2) is 7.11 Å². The van der Waals surface area contributed by atoms with E-state index in [2.05, 4.69) is 82.7 Å². The Morgan fingerprint density at radius 2 is 1.39 bits per heavy atom. The van der Waals surface area contributed by atoms with Crippen molar-refractivity contribution in [3.63, 3.8) is 0 Å². The predicted octanol–water partition coefficient (Wildman–Crippen LogP) is 6.05. The maximum absolute atomic E-state index is 5.23. The van der Waals surface area contributed by atoms with Gasteiger partial charge in [0.2, 0.25) is 0 Å². The van der Waals surface area contributed by atoms with Gasteiger partial charge in [0.15, 0.2) is 0 Å². The number of benzene rings is 3. The van der Waals surface area contributed by atoms with Gasteiger partial charge >= 0.3 is 0 Å². The Morgan fingerprint density at radius 3 is 2.00 bits per heavy atom. The van der Waals surface area contributed by atoms with Gasteiger partial charge in [0.05, 0.1) is 7.11 Å². The Labute approximate surface area is 145 Å². The second-order valence-electron chi connectivity index (χ2n) is 5.20. The highest BCUT2D eigenvalue weighted by Gasteiger charge is 2.05. The lowest BCUT2D eigenvalue weighted by Gasteiger charge is -2.09. The number of methoxy groups -OCH3 is 1. The molecule has 3 aromatic rings. The minimum atomic E-state index is 0.868. The Morgan fingerprint density at radius 1 is 0.783 bits per heavy atom. The molecule has 0 saturated carbocycles. The van der Waals surface area contributed by atoms with Crippen LogP contribution >= 0.6 is 15.9 Å². The van der Waals surface area contributed by atoms with Crippen molar-refractivity contribution in [3.05, 3.63) is 100 Å². The zero-order valence-corrected chi connectivity index (χ0v) is 14.5. The van der Waals surface area contributed by atoms with Crippen LogP contribution in [0.25, 0.3) is 11.6 Å². The standard InChI is InChI=1S/C21H17BrO/c1-23-20-13-7-16(8-14-20)15-21(17-5-3-2-4-6-17)18-9-11-19(22)12-10-18/h2-15H,1H3/b21-15+. The maximum atomic E-state index is 5.23. The summed E-state index contributed by atoms with van der Waals surface area (Å²) in [5.74, 6) is 0.868. The molecule has 0 saturated heterocycles. The fraction of sp³-hybridized carbons (Fsp3) is 0.0476. The SMILES string of the molecule is COc1ccc(/C=C(\c2ccccc2)c2ccc(Br)cc2)cc1. The fourth-order valence-corrected chi connectivity index (χ4v) is 2.71. The maximum Gasteiger partial charge on any atom is 0.118 e. The number of ether oxygens (including phenoxy) is 1. The Balaban J connectivity index is 2.07. The van der Waals surface area contributed by atoms with Gasteiger partial charge in [-0.15, -0.1) is 0 Å². The Hall–Kier alpha value is -2.32. The van der Waals surface area contributed by atoms with Crippen molar-refractivity contribution in [3.8, 4) is 5.75 Å². The van der Waals surface area contributed by atoms with E-state index in [1.54, 1.807) is 7.11 Å². The molecule has 0 atom stereocenters. The van der Waals surface area contributed by atoms with Crippen molar-refractivity contribution >= 4 is 27.6 Å². The Kier molecular flexibility index (Phi) is 4.94. The van der Waals surface area contributed by atoms with Crippen molar-refractivity contribution in [2.24, 2.45) is 0 Å². The summed E-state index contributed by atoms with van der Waals surface area (Å²) in [4.78, 5) is 0. The lowest BCUT2D eigenvalue weighted by molar-refractivity contribution is 0.415. The molecule has 3 rings (SSSR count). The zero-order chi connectivity index (χ0) is 16.1. The molecule has 0 aliphatic rings. The molecule has 0 spiro atoms. The first kappa shape index (κ1) is 15.6. The summed E-state index contributed by atoms with van der Waals surface area (Å²) in [6.07, 6.45) is 2.21. The molecule has 23 heavy (non-hydrogen) atoms. The second-order valence-corrected chi connectivity index (χ2v) is 6.12. The molecule has 0 N–H and O–H groups in total. The van der Waals surface area contributed by atoms with Crippen LogP contribution in [0.1, 0.15) is 16.7 Å². The highest BCUT2D eigenvalue weighted by molar-refractivity contribution is 9.10. The number of rotatable bonds is 4. The van der Waals surface area contributed by atoms with Crippen molar-refractivity contribution in [1.82, 2.24) is 0 Å². The largest absolute Gasteiger partial charge is 0.497 e. The van der Waals surface area contributed by atoms with E-state index in [4.69, 9.17) is 4.74 Å². The molecule has 0 aliphatic carbocycles. The van der Waals surface area contributed by atoms with Gasteiger partial charge in [0.25, 0.3) is 0 Å². The van der Waals surface area contributed by atoms with Crippen LogP contribution in [0, 0.1) is 0 Å². The molecular weight excluding hydrogens is 348 g/mol. The molecule has 0 amide bonds. The van der Waals surface area contributed by atoms with E-state index in [-0.39, 0.29) is 0 Å². The molecule has 0 heterocycles. The molecule has 114 valence electrons. The second kappa shape index (κ2) is 7.30. The first-order valence-electron chi connectivity index (χ1n) is 7.43. The third-order valence-corrected chi connectivity index (χ3v) is 4.20. The lowest BCUT2D eigenvalue weighted by atomic mass is 9.96. The van der Waals surface area contributed by atoms with Gasteiger partial charge in [0, 0.05) is 4.47 Å². The minimum absolute atomic E-state index is 0.868. The molecule has 1 nitrogen and oxygen atoms in total. The van der Waals surface area contributed by atoms with Gasteiger partial charge in [-0.2, -0.15) is 0 Å². The molecule has 0 fully saturated rings. The van der Waals surface area contributed by atoms with Crippen LogP contribution in [0.15, 0.2) is 83.3 Å². The molecule has 3 aromatic carbocycles. The van der Waals surface area contributed by atoms with E-state index < -0.39 is 0 Å². The highest BCUT2D eigenvalue weighted by atomic mass is 79.9. The third kappa shape index (κ3) is 3.91. The summed E-state index contributed by atoms with van der Waals surface area (Å²) >= 11 is 3.50. The summed E-state index contributed by atoms with van der Waals surface area (Å²) in [5, 5.41) is 0. The summed E-state index contributed by atoms with van der Waals surface area (Å²) in [7, 11) is 1.68. The predicted molar refractivity (Wildman–Crippen MR) is 101 cm³/mol. The summed E-state index contributed by atoms with van der Waals surface area (Å²) < 4.78 is 6.31. The number of hydrogen-bond donors (Lipinski definition) is 0. The quantitative estimate of drug-likeness (QED) is 0.512. The smallest absolute Gasteiger partial charge is 0.118 e. The first-order valence-corrected chi connectivity index (χ1v) is 8.23. The van der Waals surface area contributed by atoms with Gasteiger partial charge in [-0.25, -0.2) is 0 Å². The summed E-state index contributed by atoms with van der Waals surface area (Å²) in [6, 6.07) is 26.9. The van der Waals surface area contributed by atoms with Gasteiger partial charge in [-0.05, 0) is 52.6 Å². The number of halogens is 1. The number of hydrogen-bond acceptors (Lipinski definition) is 1. The van der Waals surface area contributed by atoms with Crippen molar-refractivity contribution in [2.75, 3.05) is 7.11 Å². The normalized spacial score (nSPS) is 11.3. The van der Waals surface area contributed by atoms with Crippen LogP contribution < -0.4 is 4.74 Å². The topological polar surface area (TPSA) is 9.23 Å². The fourth-order valence-electron chi connectivity index (χ4n) is 2.45. The van der Waals surface area contributed by atoms with Crippen molar-refractivity contribution < 1.29 is 4.74 Å². The zero-order valence-electron chi connectivity index (χ0n) is 12.9. The van der Waals surface area contributed by atoms with Crippen LogP contribution in [-0.2, 0) is 0 Å². The van der Waals surface area contributed by atoms with Gasteiger partial charge in [-0.3, -0.25) is 0 Å². The van der Waals surface area contributed by atoms with E-state index in [9.17, 15) is 0 Å². The van der Waals surface area contributed by atoms with Crippen LogP contribution in [0.5, 0.6) is 5.75 Å². The highest BCUT2D eigenvalue weighted by Crippen LogP contribution is 2.27. The van der Waals surface area contributed by atoms with Crippen LogP contribution in [0.4, 0.5) is 0 Å². The summed E-state index contributed by atoms with van der Waals surface area (Å²) in [6.45, 7) is 0. The molecular formula is C21H17BrO. The van der Waals surface area contributed by atoms with E-state index in [1.165, 1.54) is 16.7 Å². The van der Waals surface area contributed by atoms with E-state index in [0.29, 0.717) is 0 Å². The monoisotopic (exact) mass is 364 g/mol. The van der Waals surface area contributed by atoms with Crippen molar-refractivity contribution in [1.29, 1.82) is 0 Å². The lowest BCUT2D eigenvalue weighted by Crippen LogP contribution is -1.88. The van der Waals surface area contributed by atoms with Gasteiger partial charge in [-0.1, -0.05) is 70.5 Å². The van der Waals surface area contributed by atoms with E-state index in [0.717, 1.165) is 15.8 Å². The molecule has 0 aliphatic heterocycles.